The van der Waals surface area contributed by atoms with Crippen molar-refractivity contribution in [2.75, 3.05) is 13.1 Å². The predicted octanol–water partition coefficient (Wildman–Crippen LogP) is 2.31. The molecule has 0 aromatic rings. The Kier molecular flexibility index (Phi) is 5.84. The highest BCUT2D eigenvalue weighted by Crippen LogP contribution is 2.26. The minimum atomic E-state index is -4.51. The first-order valence-electron chi connectivity index (χ1n) is 4.90. The normalized spacial score (nSPS) is 13.6. The first-order chi connectivity index (χ1) is 7.32. The van der Waals surface area contributed by atoms with E-state index < -0.39 is 12.1 Å². The van der Waals surface area contributed by atoms with E-state index in [1.807, 2.05) is 6.07 Å². The van der Waals surface area contributed by atoms with Crippen LogP contribution >= 0.6 is 0 Å². The molecular weight excluding hydrogens is 219 g/mol. The van der Waals surface area contributed by atoms with Crippen molar-refractivity contribution >= 4 is 0 Å². The van der Waals surface area contributed by atoms with Gasteiger partial charge in [0.2, 0.25) is 0 Å². The molecule has 0 heterocycles. The van der Waals surface area contributed by atoms with Gasteiger partial charge in [-0.25, -0.2) is 0 Å². The molecule has 0 aromatic carbocycles. The maximum absolute atomic E-state index is 12.4. The molecule has 0 aliphatic rings. The van der Waals surface area contributed by atoms with Crippen LogP contribution in [0.15, 0.2) is 0 Å². The van der Waals surface area contributed by atoms with Gasteiger partial charge < -0.3 is 0 Å². The molecule has 6 heteroatoms. The summed E-state index contributed by atoms with van der Waals surface area (Å²) < 4.78 is 37.1. The van der Waals surface area contributed by atoms with Crippen LogP contribution in [0, 0.1) is 28.6 Å². The molecular formula is C10H14F3N3. The van der Waals surface area contributed by atoms with Gasteiger partial charge in [-0.1, -0.05) is 0 Å². The molecule has 0 fully saturated rings. The zero-order valence-electron chi connectivity index (χ0n) is 9.25. The monoisotopic (exact) mass is 233 g/mol. The van der Waals surface area contributed by atoms with Crippen molar-refractivity contribution in [1.82, 2.24) is 4.90 Å². The number of hydrogen-bond acceptors (Lipinski definition) is 3. The highest BCUT2D eigenvalue weighted by Gasteiger charge is 2.41. The van der Waals surface area contributed by atoms with Crippen LogP contribution < -0.4 is 0 Å². The van der Waals surface area contributed by atoms with Crippen LogP contribution in [0.3, 0.4) is 0 Å². The summed E-state index contributed by atoms with van der Waals surface area (Å²) in [6.45, 7) is 3.35. The summed E-state index contributed by atoms with van der Waals surface area (Å²) in [7, 11) is 0. The van der Waals surface area contributed by atoms with E-state index in [4.69, 9.17) is 10.5 Å². The number of nitrogens with zero attached hydrogens (tertiary/aromatic N) is 3. The summed E-state index contributed by atoms with van der Waals surface area (Å²) in [6.07, 6.45) is -4.34. The molecule has 0 amide bonds. The van der Waals surface area contributed by atoms with Gasteiger partial charge in [-0.15, -0.1) is 0 Å². The second-order valence-corrected chi connectivity index (χ2v) is 3.72. The standard InChI is InChI=1S/C10H14F3N3/c1-8(2)16(5-3-4-14)7-9(6-15)10(11,12)13/h8-9H,3,5,7H2,1-2H3. The number of rotatable bonds is 5. The van der Waals surface area contributed by atoms with Gasteiger partial charge in [-0.3, -0.25) is 4.90 Å². The van der Waals surface area contributed by atoms with E-state index in [2.05, 4.69) is 0 Å². The summed E-state index contributed by atoms with van der Waals surface area (Å²) in [6, 6.07) is 3.01. The van der Waals surface area contributed by atoms with Gasteiger partial charge in [0.1, 0.15) is 0 Å². The van der Waals surface area contributed by atoms with E-state index in [-0.39, 0.29) is 25.6 Å². The number of halogens is 3. The van der Waals surface area contributed by atoms with E-state index in [1.165, 1.54) is 11.0 Å². The van der Waals surface area contributed by atoms with Crippen molar-refractivity contribution in [3.05, 3.63) is 0 Å². The fraction of sp³-hybridized carbons (Fsp3) is 0.800. The summed E-state index contributed by atoms with van der Waals surface area (Å²) in [5.41, 5.74) is 0. The van der Waals surface area contributed by atoms with Crippen LogP contribution in [-0.2, 0) is 0 Å². The molecule has 0 saturated carbocycles. The van der Waals surface area contributed by atoms with Crippen LogP contribution in [0.5, 0.6) is 0 Å². The average molecular weight is 233 g/mol. The lowest BCUT2D eigenvalue weighted by Crippen LogP contribution is -2.40. The second kappa shape index (κ2) is 6.34. The van der Waals surface area contributed by atoms with Gasteiger partial charge in [0.05, 0.1) is 12.1 Å². The molecule has 0 radical (unpaired) electrons. The van der Waals surface area contributed by atoms with Crippen molar-refractivity contribution in [1.29, 1.82) is 10.5 Å². The van der Waals surface area contributed by atoms with Gasteiger partial charge in [0.15, 0.2) is 5.92 Å². The van der Waals surface area contributed by atoms with Crippen molar-refractivity contribution in [2.24, 2.45) is 5.92 Å². The molecule has 90 valence electrons. The smallest absolute Gasteiger partial charge is 0.298 e. The third kappa shape index (κ3) is 4.99. The number of hydrogen-bond donors (Lipinski definition) is 0. The largest absolute Gasteiger partial charge is 0.405 e. The van der Waals surface area contributed by atoms with Gasteiger partial charge in [0.25, 0.3) is 0 Å². The molecule has 0 aromatic heterocycles. The van der Waals surface area contributed by atoms with E-state index in [9.17, 15) is 13.2 Å². The molecule has 1 unspecified atom stereocenters. The van der Waals surface area contributed by atoms with Crippen LogP contribution in [0.4, 0.5) is 13.2 Å². The molecule has 0 N–H and O–H groups in total. The highest BCUT2D eigenvalue weighted by molar-refractivity contribution is 4.91. The van der Waals surface area contributed by atoms with Gasteiger partial charge >= 0.3 is 6.18 Å². The quantitative estimate of drug-likeness (QED) is 0.732. The predicted molar refractivity (Wildman–Crippen MR) is 52.1 cm³/mol. The topological polar surface area (TPSA) is 50.8 Å². The van der Waals surface area contributed by atoms with Gasteiger partial charge in [-0.05, 0) is 13.8 Å². The van der Waals surface area contributed by atoms with Gasteiger partial charge in [-0.2, -0.15) is 23.7 Å². The summed E-state index contributed by atoms with van der Waals surface area (Å²) in [5.74, 6) is -1.99. The first-order valence-corrected chi connectivity index (χ1v) is 4.90. The molecule has 16 heavy (non-hydrogen) atoms. The molecule has 0 spiro atoms. The number of alkyl halides is 3. The second-order valence-electron chi connectivity index (χ2n) is 3.72. The zero-order chi connectivity index (χ0) is 12.8. The number of nitriles is 2. The molecule has 0 saturated heterocycles. The van der Waals surface area contributed by atoms with Crippen molar-refractivity contribution in [3.63, 3.8) is 0 Å². The van der Waals surface area contributed by atoms with Crippen LogP contribution in [-0.4, -0.2) is 30.2 Å². The average Bonchev–Trinajstić information content (AvgIpc) is 2.15. The Bertz CT molecular complexity index is 285. The molecule has 1 atom stereocenters. The molecule has 0 bridgehead atoms. The Morgan fingerprint density at radius 2 is 1.81 bits per heavy atom. The summed E-state index contributed by atoms with van der Waals surface area (Å²) >= 11 is 0. The van der Waals surface area contributed by atoms with Crippen molar-refractivity contribution < 1.29 is 13.2 Å². The lowest BCUT2D eigenvalue weighted by molar-refractivity contribution is -0.164. The highest BCUT2D eigenvalue weighted by atomic mass is 19.4. The maximum Gasteiger partial charge on any atom is 0.405 e. The maximum atomic E-state index is 12.4. The van der Waals surface area contributed by atoms with Gasteiger partial charge in [0, 0.05) is 25.6 Å². The summed E-state index contributed by atoms with van der Waals surface area (Å²) in [5, 5.41) is 16.8. The van der Waals surface area contributed by atoms with E-state index >= 15 is 0 Å². The fourth-order valence-corrected chi connectivity index (χ4v) is 1.21. The third-order valence-corrected chi connectivity index (χ3v) is 2.21. The lowest BCUT2D eigenvalue weighted by atomic mass is 10.1. The Hall–Kier alpha value is -1.27. The Morgan fingerprint density at radius 3 is 2.12 bits per heavy atom. The third-order valence-electron chi connectivity index (χ3n) is 2.21. The molecule has 3 nitrogen and oxygen atoms in total. The molecule has 0 aliphatic heterocycles. The van der Waals surface area contributed by atoms with Crippen molar-refractivity contribution in [3.8, 4) is 12.1 Å². The van der Waals surface area contributed by atoms with Crippen LogP contribution in [0.2, 0.25) is 0 Å². The first kappa shape index (κ1) is 14.7. The Morgan fingerprint density at radius 1 is 1.25 bits per heavy atom. The molecule has 0 aliphatic carbocycles. The van der Waals surface area contributed by atoms with Crippen LogP contribution in [0.1, 0.15) is 20.3 Å². The van der Waals surface area contributed by atoms with Crippen molar-refractivity contribution in [2.45, 2.75) is 32.5 Å². The van der Waals surface area contributed by atoms with Crippen LogP contribution in [0.25, 0.3) is 0 Å². The lowest BCUT2D eigenvalue weighted by Gasteiger charge is -2.28. The van der Waals surface area contributed by atoms with E-state index in [1.54, 1.807) is 13.8 Å². The minimum absolute atomic E-state index is 0.119. The van der Waals surface area contributed by atoms with E-state index in [0.29, 0.717) is 0 Å². The van der Waals surface area contributed by atoms with E-state index in [0.717, 1.165) is 0 Å². The minimum Gasteiger partial charge on any atom is -0.298 e. The zero-order valence-corrected chi connectivity index (χ0v) is 9.25. The SMILES string of the molecule is CC(C)N(CCC#N)CC(C#N)C(F)(F)F. The fourth-order valence-electron chi connectivity index (χ4n) is 1.21. The summed E-state index contributed by atoms with van der Waals surface area (Å²) in [4.78, 5) is 1.49. The Balaban J connectivity index is 4.50. The Labute approximate surface area is 93.1 Å². The molecule has 0 rings (SSSR count).